The highest BCUT2D eigenvalue weighted by Crippen LogP contribution is 2.34. The van der Waals surface area contributed by atoms with Crippen molar-refractivity contribution >= 4 is 22.5 Å². The molecular formula is C24H24N4O3. The van der Waals surface area contributed by atoms with E-state index >= 15 is 0 Å². The number of amides is 1. The largest absolute Gasteiger partial charge is 0.477 e. The van der Waals surface area contributed by atoms with E-state index in [0.29, 0.717) is 18.4 Å². The molecule has 1 aromatic carbocycles. The molecule has 7 nitrogen and oxygen atoms in total. The molecule has 1 saturated heterocycles. The second-order valence-electron chi connectivity index (χ2n) is 8.47. The minimum atomic E-state index is 0.281. The highest BCUT2D eigenvalue weighted by atomic mass is 16.5. The molecule has 31 heavy (non-hydrogen) atoms. The van der Waals surface area contributed by atoms with Crippen molar-refractivity contribution in [1.29, 1.82) is 0 Å². The van der Waals surface area contributed by atoms with Crippen LogP contribution in [0.3, 0.4) is 0 Å². The number of nitrogens with zero attached hydrogens (tertiary/aromatic N) is 4. The van der Waals surface area contributed by atoms with Gasteiger partial charge in [-0.2, -0.15) is 0 Å². The summed E-state index contributed by atoms with van der Waals surface area (Å²) < 4.78 is 13.7. The number of likely N-dealkylation sites (tertiary alicyclic amines) is 1. The summed E-state index contributed by atoms with van der Waals surface area (Å²) in [5.41, 5.74) is 2.36. The molecule has 2 fully saturated rings. The summed E-state index contributed by atoms with van der Waals surface area (Å²) in [4.78, 5) is 19.0. The SMILES string of the molecule is O=C(C1CC1)N1CCC[C@H]1CCOc1ccc2ncc(-c3cc4ccccc4o3)n2n1. The number of hydrogen-bond acceptors (Lipinski definition) is 5. The lowest BCUT2D eigenvalue weighted by Crippen LogP contribution is -2.37. The summed E-state index contributed by atoms with van der Waals surface area (Å²) in [5.74, 6) is 1.89. The van der Waals surface area contributed by atoms with Crippen LogP contribution in [0.1, 0.15) is 32.1 Å². The van der Waals surface area contributed by atoms with E-state index in [0.717, 1.165) is 66.7 Å². The van der Waals surface area contributed by atoms with E-state index in [1.165, 1.54) is 0 Å². The molecule has 1 aliphatic heterocycles. The molecule has 0 unspecified atom stereocenters. The molecule has 0 bridgehead atoms. The lowest BCUT2D eigenvalue weighted by atomic mass is 10.1. The standard InChI is InChI=1S/C24H24N4O3/c29-24(16-7-8-16)27-12-3-5-18(27)11-13-30-23-10-9-22-25-15-19(28(22)26-23)21-14-17-4-1-2-6-20(17)31-21/h1-2,4,6,9-10,14-16,18H,3,5,7-8,11-13H2/t18-/m0/s1. The maximum Gasteiger partial charge on any atom is 0.231 e. The Hall–Kier alpha value is -3.35. The molecule has 0 radical (unpaired) electrons. The van der Waals surface area contributed by atoms with E-state index in [-0.39, 0.29) is 12.0 Å². The second kappa shape index (κ2) is 7.41. The lowest BCUT2D eigenvalue weighted by molar-refractivity contribution is -0.133. The number of carbonyl (C=O) groups is 1. The van der Waals surface area contributed by atoms with Crippen molar-refractivity contribution in [3.05, 3.63) is 48.7 Å². The molecule has 7 heteroatoms. The van der Waals surface area contributed by atoms with Crippen molar-refractivity contribution < 1.29 is 13.9 Å². The van der Waals surface area contributed by atoms with Gasteiger partial charge < -0.3 is 14.1 Å². The summed E-state index contributed by atoms with van der Waals surface area (Å²) >= 11 is 0. The van der Waals surface area contributed by atoms with Gasteiger partial charge in [0.05, 0.1) is 12.8 Å². The molecule has 0 spiro atoms. The first-order valence-corrected chi connectivity index (χ1v) is 11.0. The number of carbonyl (C=O) groups excluding carboxylic acids is 1. The van der Waals surface area contributed by atoms with Crippen LogP contribution in [0, 0.1) is 5.92 Å². The number of para-hydroxylation sites is 1. The van der Waals surface area contributed by atoms with Gasteiger partial charge in [0.15, 0.2) is 11.4 Å². The van der Waals surface area contributed by atoms with Gasteiger partial charge in [-0.25, -0.2) is 9.50 Å². The fourth-order valence-corrected chi connectivity index (χ4v) is 4.50. The van der Waals surface area contributed by atoms with E-state index in [1.54, 1.807) is 10.7 Å². The predicted molar refractivity (Wildman–Crippen MR) is 116 cm³/mol. The Balaban J connectivity index is 1.18. The Bertz CT molecular complexity index is 1220. The zero-order chi connectivity index (χ0) is 20.8. The quantitative estimate of drug-likeness (QED) is 0.468. The molecule has 2 aliphatic rings. The normalized spacial score (nSPS) is 18.8. The van der Waals surface area contributed by atoms with Crippen molar-refractivity contribution in [2.75, 3.05) is 13.2 Å². The first-order chi connectivity index (χ1) is 15.3. The third-order valence-corrected chi connectivity index (χ3v) is 6.30. The zero-order valence-corrected chi connectivity index (χ0v) is 17.2. The summed E-state index contributed by atoms with van der Waals surface area (Å²) in [5, 5.41) is 5.67. The average Bonchev–Trinajstić information content (AvgIpc) is 3.20. The molecule has 4 aromatic rings. The van der Waals surface area contributed by atoms with E-state index in [4.69, 9.17) is 9.15 Å². The number of furan rings is 1. The minimum Gasteiger partial charge on any atom is -0.477 e. The molecule has 0 N–H and O–H groups in total. The van der Waals surface area contributed by atoms with Crippen molar-refractivity contribution in [2.24, 2.45) is 5.92 Å². The van der Waals surface area contributed by atoms with E-state index in [2.05, 4.69) is 15.0 Å². The van der Waals surface area contributed by atoms with Gasteiger partial charge in [-0.3, -0.25) is 4.79 Å². The fourth-order valence-electron chi connectivity index (χ4n) is 4.50. The Morgan fingerprint density at radius 3 is 2.94 bits per heavy atom. The van der Waals surface area contributed by atoms with Crippen LogP contribution in [-0.4, -0.2) is 44.6 Å². The zero-order valence-electron chi connectivity index (χ0n) is 17.2. The number of rotatable bonds is 6. The van der Waals surface area contributed by atoms with Crippen LogP contribution < -0.4 is 4.74 Å². The number of fused-ring (bicyclic) bond motifs is 2. The van der Waals surface area contributed by atoms with Crippen LogP contribution in [0.5, 0.6) is 5.88 Å². The van der Waals surface area contributed by atoms with Crippen LogP contribution in [0.25, 0.3) is 28.1 Å². The van der Waals surface area contributed by atoms with Crippen LogP contribution >= 0.6 is 0 Å². The summed E-state index contributed by atoms with van der Waals surface area (Å²) in [6, 6.07) is 13.9. The van der Waals surface area contributed by atoms with Crippen molar-refractivity contribution in [3.63, 3.8) is 0 Å². The molecular weight excluding hydrogens is 392 g/mol. The van der Waals surface area contributed by atoms with Gasteiger partial charge in [-0.15, -0.1) is 5.10 Å². The van der Waals surface area contributed by atoms with Gasteiger partial charge in [-0.05, 0) is 43.9 Å². The van der Waals surface area contributed by atoms with E-state index < -0.39 is 0 Å². The predicted octanol–water partition coefficient (Wildman–Crippen LogP) is 4.31. The fraction of sp³-hybridized carbons (Fsp3) is 0.375. The maximum atomic E-state index is 12.5. The monoisotopic (exact) mass is 416 g/mol. The van der Waals surface area contributed by atoms with Crippen molar-refractivity contribution in [1.82, 2.24) is 19.5 Å². The molecule has 158 valence electrons. The van der Waals surface area contributed by atoms with Gasteiger partial charge in [0, 0.05) is 36.4 Å². The minimum absolute atomic E-state index is 0.281. The summed E-state index contributed by atoms with van der Waals surface area (Å²) in [6.45, 7) is 1.42. The highest BCUT2D eigenvalue weighted by Gasteiger charge is 2.38. The van der Waals surface area contributed by atoms with Gasteiger partial charge in [0.1, 0.15) is 11.3 Å². The van der Waals surface area contributed by atoms with Gasteiger partial charge in [0.2, 0.25) is 11.8 Å². The number of ether oxygens (including phenoxy) is 1. The van der Waals surface area contributed by atoms with Crippen LogP contribution in [0.15, 0.2) is 53.1 Å². The Labute approximate surface area is 179 Å². The molecule has 1 saturated carbocycles. The third kappa shape index (κ3) is 3.44. The second-order valence-corrected chi connectivity index (χ2v) is 8.47. The van der Waals surface area contributed by atoms with Gasteiger partial charge in [-0.1, -0.05) is 18.2 Å². The molecule has 1 amide bonds. The van der Waals surface area contributed by atoms with E-state index in [1.807, 2.05) is 42.5 Å². The van der Waals surface area contributed by atoms with Crippen molar-refractivity contribution in [2.45, 2.75) is 38.1 Å². The molecule has 4 heterocycles. The summed E-state index contributed by atoms with van der Waals surface area (Å²) in [7, 11) is 0. The van der Waals surface area contributed by atoms with Crippen LogP contribution in [-0.2, 0) is 4.79 Å². The molecule has 1 atom stereocenters. The number of aromatic nitrogens is 3. The summed E-state index contributed by atoms with van der Waals surface area (Å²) in [6.07, 6.45) is 6.86. The molecule has 1 aliphatic carbocycles. The molecule has 3 aromatic heterocycles. The number of hydrogen-bond donors (Lipinski definition) is 0. The number of imidazole rings is 1. The Morgan fingerprint density at radius 2 is 2.06 bits per heavy atom. The maximum absolute atomic E-state index is 12.5. The first kappa shape index (κ1) is 18.4. The number of benzene rings is 1. The average molecular weight is 416 g/mol. The lowest BCUT2D eigenvalue weighted by Gasteiger charge is -2.24. The van der Waals surface area contributed by atoms with Crippen LogP contribution in [0.2, 0.25) is 0 Å². The smallest absolute Gasteiger partial charge is 0.231 e. The van der Waals surface area contributed by atoms with Gasteiger partial charge >= 0.3 is 0 Å². The van der Waals surface area contributed by atoms with Gasteiger partial charge in [0.25, 0.3) is 0 Å². The third-order valence-electron chi connectivity index (χ3n) is 6.30. The van der Waals surface area contributed by atoms with Crippen LogP contribution in [0.4, 0.5) is 0 Å². The topological polar surface area (TPSA) is 72.9 Å². The Kier molecular flexibility index (Phi) is 4.40. The molecule has 6 rings (SSSR count). The Morgan fingerprint density at radius 1 is 1.16 bits per heavy atom. The highest BCUT2D eigenvalue weighted by molar-refractivity contribution is 5.82. The van der Waals surface area contributed by atoms with E-state index in [9.17, 15) is 4.79 Å². The first-order valence-electron chi connectivity index (χ1n) is 11.0. The van der Waals surface area contributed by atoms with Crippen molar-refractivity contribution in [3.8, 4) is 17.3 Å².